The first kappa shape index (κ1) is 31.9. The van der Waals surface area contributed by atoms with Gasteiger partial charge in [0, 0.05) is 24.8 Å². The Hall–Kier alpha value is -3.62. The SMILES string of the molecule is CCC(CC)NC(=O)CN1CCCCCCOc2ccccc2N(CC(=O)NC(CC)CC)c2cncc(c2)C1=O. The molecule has 0 saturated heterocycles. The van der Waals surface area contributed by atoms with Crippen molar-refractivity contribution in [2.45, 2.75) is 91.1 Å². The van der Waals surface area contributed by atoms with E-state index in [1.54, 1.807) is 17.2 Å². The van der Waals surface area contributed by atoms with Crippen LogP contribution in [0, 0.1) is 0 Å². The molecule has 9 nitrogen and oxygen atoms in total. The van der Waals surface area contributed by atoms with Gasteiger partial charge in [0.15, 0.2) is 0 Å². The van der Waals surface area contributed by atoms with Gasteiger partial charge >= 0.3 is 0 Å². The molecule has 2 N–H and O–H groups in total. The zero-order chi connectivity index (χ0) is 29.6. The van der Waals surface area contributed by atoms with Crippen molar-refractivity contribution < 1.29 is 19.1 Å². The highest BCUT2D eigenvalue weighted by atomic mass is 16.5. The third-order valence-electron chi connectivity index (χ3n) is 7.64. The summed E-state index contributed by atoms with van der Waals surface area (Å²) in [4.78, 5) is 47.7. The fourth-order valence-corrected chi connectivity index (χ4v) is 5.03. The van der Waals surface area contributed by atoms with Crippen LogP contribution in [-0.4, -0.2) is 65.9 Å². The third kappa shape index (κ3) is 9.47. The van der Waals surface area contributed by atoms with Crippen LogP contribution < -0.4 is 20.3 Å². The summed E-state index contributed by atoms with van der Waals surface area (Å²) < 4.78 is 6.20. The maximum Gasteiger partial charge on any atom is 0.255 e. The summed E-state index contributed by atoms with van der Waals surface area (Å²) >= 11 is 0. The van der Waals surface area contributed by atoms with Gasteiger partial charge in [0.05, 0.1) is 36.3 Å². The number of hydrogen-bond acceptors (Lipinski definition) is 6. The minimum absolute atomic E-state index is 0.00690. The summed E-state index contributed by atoms with van der Waals surface area (Å²) in [6, 6.07) is 9.57. The number of rotatable bonds is 10. The van der Waals surface area contributed by atoms with E-state index >= 15 is 0 Å². The Morgan fingerprint density at radius 2 is 1.51 bits per heavy atom. The summed E-state index contributed by atoms with van der Waals surface area (Å²) in [5.41, 5.74) is 1.70. The van der Waals surface area contributed by atoms with Crippen LogP contribution in [0.1, 0.15) is 89.4 Å². The number of ether oxygens (including phenoxy) is 1. The van der Waals surface area contributed by atoms with E-state index in [0.29, 0.717) is 30.2 Å². The number of fused-ring (bicyclic) bond motifs is 3. The molecular weight excluding hydrogens is 518 g/mol. The predicted molar refractivity (Wildman–Crippen MR) is 163 cm³/mol. The Bertz CT molecular complexity index is 1130. The molecule has 1 aliphatic heterocycles. The van der Waals surface area contributed by atoms with Gasteiger partial charge in [0.25, 0.3) is 5.91 Å². The fourth-order valence-electron chi connectivity index (χ4n) is 5.03. The molecule has 0 radical (unpaired) electrons. The average Bonchev–Trinajstić information content (AvgIpc) is 3.00. The van der Waals surface area contributed by atoms with Crippen molar-refractivity contribution in [2.75, 3.05) is 31.1 Å². The quantitative estimate of drug-likeness (QED) is 0.409. The Morgan fingerprint density at radius 3 is 2.20 bits per heavy atom. The van der Waals surface area contributed by atoms with Crippen LogP contribution in [0.3, 0.4) is 0 Å². The van der Waals surface area contributed by atoms with Gasteiger partial charge in [-0.25, -0.2) is 0 Å². The predicted octanol–water partition coefficient (Wildman–Crippen LogP) is 5.22. The lowest BCUT2D eigenvalue weighted by Gasteiger charge is -2.28. The molecule has 0 saturated carbocycles. The van der Waals surface area contributed by atoms with Crippen LogP contribution in [0.25, 0.3) is 0 Å². The third-order valence-corrected chi connectivity index (χ3v) is 7.64. The van der Waals surface area contributed by atoms with Crippen molar-refractivity contribution in [3.05, 3.63) is 48.3 Å². The molecule has 3 rings (SSSR count). The second-order valence-electron chi connectivity index (χ2n) is 10.6. The summed E-state index contributed by atoms with van der Waals surface area (Å²) in [5, 5.41) is 6.17. The lowest BCUT2D eigenvalue weighted by atomic mass is 10.1. The number of carbonyl (C=O) groups is 3. The molecule has 2 aromatic rings. The van der Waals surface area contributed by atoms with Gasteiger partial charge in [0.2, 0.25) is 11.8 Å². The lowest BCUT2D eigenvalue weighted by Crippen LogP contribution is -2.44. The summed E-state index contributed by atoms with van der Waals surface area (Å²) in [6.45, 7) is 9.24. The molecule has 0 unspecified atom stereocenters. The highest BCUT2D eigenvalue weighted by Gasteiger charge is 2.24. The Labute approximate surface area is 245 Å². The number of anilines is 2. The highest BCUT2D eigenvalue weighted by molar-refractivity contribution is 5.97. The van der Waals surface area contributed by atoms with Crippen molar-refractivity contribution >= 4 is 29.1 Å². The maximum atomic E-state index is 13.8. The second-order valence-corrected chi connectivity index (χ2v) is 10.6. The second kappa shape index (κ2) is 16.6. The molecule has 3 amide bonds. The smallest absolute Gasteiger partial charge is 0.255 e. The number of pyridine rings is 1. The van der Waals surface area contributed by atoms with E-state index < -0.39 is 0 Å². The van der Waals surface area contributed by atoms with Gasteiger partial charge in [-0.1, -0.05) is 52.7 Å². The summed E-state index contributed by atoms with van der Waals surface area (Å²) in [7, 11) is 0. The van der Waals surface area contributed by atoms with E-state index in [1.807, 2.05) is 43.0 Å². The maximum absolute atomic E-state index is 13.8. The highest BCUT2D eigenvalue weighted by Crippen LogP contribution is 2.34. The molecule has 2 bridgehead atoms. The number of para-hydroxylation sites is 2. The Morgan fingerprint density at radius 1 is 0.878 bits per heavy atom. The molecule has 9 heteroatoms. The topological polar surface area (TPSA) is 104 Å². The monoisotopic (exact) mass is 565 g/mol. The molecule has 0 aliphatic carbocycles. The normalized spacial score (nSPS) is 14.6. The number of aromatic nitrogens is 1. The minimum Gasteiger partial charge on any atom is -0.491 e. The van der Waals surface area contributed by atoms with Gasteiger partial charge in [-0.2, -0.15) is 0 Å². The van der Waals surface area contributed by atoms with Crippen LogP contribution in [0.2, 0.25) is 0 Å². The first-order chi connectivity index (χ1) is 19.9. The standard InChI is InChI=1S/C32H47N5O4/c1-5-25(6-2)34-30(38)22-36-17-13-9-10-14-18-41-29-16-12-11-15-28(29)37(23-31(39)35-26(7-3)8-4)27-19-24(32(36)40)20-33-21-27/h11-12,15-16,19-21,25-26H,5-10,13-14,17-18,22-23H2,1-4H3,(H,34,38)(H,35,39). The van der Waals surface area contributed by atoms with Crippen LogP contribution in [-0.2, 0) is 9.59 Å². The zero-order valence-electron chi connectivity index (χ0n) is 25.2. The van der Waals surface area contributed by atoms with Gasteiger partial charge in [-0.05, 0) is 56.7 Å². The molecule has 1 aromatic heterocycles. The van der Waals surface area contributed by atoms with Crippen LogP contribution in [0.4, 0.5) is 11.4 Å². The molecule has 0 spiro atoms. The van der Waals surface area contributed by atoms with Gasteiger partial charge in [-0.15, -0.1) is 0 Å². The number of nitrogens with zero attached hydrogens (tertiary/aromatic N) is 3. The minimum atomic E-state index is -0.250. The van der Waals surface area contributed by atoms with Crippen molar-refractivity contribution in [3.63, 3.8) is 0 Å². The van der Waals surface area contributed by atoms with E-state index in [0.717, 1.165) is 57.1 Å². The number of hydrogen-bond donors (Lipinski definition) is 2. The number of amides is 3. The molecule has 0 fully saturated rings. The number of carbonyl (C=O) groups excluding carboxylic acids is 3. The van der Waals surface area contributed by atoms with E-state index in [1.165, 1.54) is 6.20 Å². The lowest BCUT2D eigenvalue weighted by molar-refractivity contribution is -0.122. The Kier molecular flexibility index (Phi) is 12.9. The molecule has 224 valence electrons. The number of benzene rings is 1. The fraction of sp³-hybridized carbons (Fsp3) is 0.562. The molecule has 1 aliphatic rings. The molecule has 1 aromatic carbocycles. The molecule has 41 heavy (non-hydrogen) atoms. The summed E-state index contributed by atoms with van der Waals surface area (Å²) in [6.07, 6.45) is 10.1. The van der Waals surface area contributed by atoms with E-state index in [4.69, 9.17) is 4.74 Å². The van der Waals surface area contributed by atoms with Gasteiger partial charge in [-0.3, -0.25) is 19.4 Å². The largest absolute Gasteiger partial charge is 0.491 e. The first-order valence-corrected chi connectivity index (χ1v) is 15.2. The van der Waals surface area contributed by atoms with Crippen LogP contribution in [0.15, 0.2) is 42.7 Å². The van der Waals surface area contributed by atoms with Crippen molar-refractivity contribution in [1.82, 2.24) is 20.5 Å². The molecular formula is C32H47N5O4. The molecule has 2 heterocycles. The zero-order valence-corrected chi connectivity index (χ0v) is 25.2. The van der Waals surface area contributed by atoms with Gasteiger partial charge < -0.3 is 25.2 Å². The van der Waals surface area contributed by atoms with Crippen molar-refractivity contribution in [1.29, 1.82) is 0 Å². The van der Waals surface area contributed by atoms with Gasteiger partial charge in [0.1, 0.15) is 12.3 Å². The van der Waals surface area contributed by atoms with E-state index in [9.17, 15) is 14.4 Å². The first-order valence-electron chi connectivity index (χ1n) is 15.2. The average molecular weight is 566 g/mol. The molecule has 0 atom stereocenters. The van der Waals surface area contributed by atoms with E-state index in [-0.39, 0.29) is 42.9 Å². The van der Waals surface area contributed by atoms with Crippen molar-refractivity contribution in [3.8, 4) is 5.75 Å². The van der Waals surface area contributed by atoms with E-state index in [2.05, 4.69) is 29.5 Å². The van der Waals surface area contributed by atoms with Crippen LogP contribution in [0.5, 0.6) is 5.75 Å². The van der Waals surface area contributed by atoms with Crippen molar-refractivity contribution in [2.24, 2.45) is 0 Å². The Balaban J connectivity index is 1.98. The summed E-state index contributed by atoms with van der Waals surface area (Å²) in [5.74, 6) is 0.146. The van der Waals surface area contributed by atoms with Crippen LogP contribution >= 0.6 is 0 Å². The number of nitrogens with one attached hydrogen (secondary N) is 2.